The number of aromatic nitrogens is 2. The lowest BCUT2D eigenvalue weighted by atomic mass is 10.3. The molecule has 0 aliphatic carbocycles. The maximum Gasteiger partial charge on any atom is 0.376 e. The van der Waals surface area contributed by atoms with Gasteiger partial charge in [0, 0.05) is 6.54 Å². The van der Waals surface area contributed by atoms with Gasteiger partial charge in [-0.05, 0) is 19.1 Å². The maximum absolute atomic E-state index is 10.7. The Kier molecular flexibility index (Phi) is 3.17. The molecule has 0 fully saturated rings. The number of carboxylic acids is 1. The topological polar surface area (TPSA) is 72.2 Å². The highest BCUT2D eigenvalue weighted by Crippen LogP contribution is 2.01. The van der Waals surface area contributed by atoms with Gasteiger partial charge in [0.25, 0.3) is 5.78 Å². The van der Waals surface area contributed by atoms with E-state index in [1.165, 1.54) is 6.08 Å². The Labute approximate surface area is 80.7 Å². The van der Waals surface area contributed by atoms with Crippen LogP contribution in [0.5, 0.6) is 0 Å². The predicted molar refractivity (Wildman–Crippen MR) is 49.6 cm³/mol. The van der Waals surface area contributed by atoms with Crippen LogP contribution in [0, 0.1) is 0 Å². The smallest absolute Gasteiger partial charge is 0.376 e. The zero-order valence-corrected chi connectivity index (χ0v) is 7.67. The third kappa shape index (κ3) is 2.29. The molecule has 74 valence electrons. The average molecular weight is 194 g/mol. The molecule has 0 spiro atoms. The Morgan fingerprint density at radius 1 is 1.64 bits per heavy atom. The molecule has 0 aliphatic heterocycles. The van der Waals surface area contributed by atoms with Crippen molar-refractivity contribution >= 4 is 17.8 Å². The molecule has 1 N–H and O–H groups in total. The first-order valence-corrected chi connectivity index (χ1v) is 4.10. The minimum absolute atomic E-state index is 0.710. The molecule has 5 nitrogen and oxygen atoms in total. The zero-order valence-electron chi connectivity index (χ0n) is 7.67. The number of carboxylic acid groups (broad SMARTS) is 1. The standard InChI is InChI=1S/C9H10N2O3/c1-2-11-6-10-5-7(11)3-4-8(12)9(13)14/h3-6H,2H2,1H3,(H,13,14)/b4-3+. The van der Waals surface area contributed by atoms with Crippen LogP contribution < -0.4 is 0 Å². The summed E-state index contributed by atoms with van der Waals surface area (Å²) in [6, 6.07) is 0. The minimum atomic E-state index is -1.45. The second-order valence-corrected chi connectivity index (χ2v) is 2.61. The third-order valence-electron chi connectivity index (χ3n) is 1.70. The molecule has 1 rings (SSSR count). The number of carbonyl (C=O) groups is 2. The van der Waals surface area contributed by atoms with Gasteiger partial charge in [0.05, 0.1) is 18.2 Å². The van der Waals surface area contributed by atoms with E-state index in [9.17, 15) is 9.59 Å². The molecule has 0 amide bonds. The van der Waals surface area contributed by atoms with Crippen LogP contribution in [-0.2, 0) is 16.1 Å². The molecule has 14 heavy (non-hydrogen) atoms. The van der Waals surface area contributed by atoms with Crippen molar-refractivity contribution in [3.05, 3.63) is 24.3 Å². The lowest BCUT2D eigenvalue weighted by molar-refractivity contribution is -0.146. The van der Waals surface area contributed by atoms with E-state index in [4.69, 9.17) is 5.11 Å². The zero-order chi connectivity index (χ0) is 10.6. The van der Waals surface area contributed by atoms with Crippen molar-refractivity contribution in [2.24, 2.45) is 0 Å². The van der Waals surface area contributed by atoms with Gasteiger partial charge in [-0.3, -0.25) is 4.79 Å². The number of ketones is 1. The van der Waals surface area contributed by atoms with Crippen molar-refractivity contribution in [1.29, 1.82) is 0 Å². The molecule has 0 aliphatic rings. The van der Waals surface area contributed by atoms with E-state index in [0.717, 1.165) is 12.6 Å². The van der Waals surface area contributed by atoms with Gasteiger partial charge in [-0.2, -0.15) is 0 Å². The average Bonchev–Trinajstić information content (AvgIpc) is 2.60. The van der Waals surface area contributed by atoms with Crippen LogP contribution >= 0.6 is 0 Å². The van der Waals surface area contributed by atoms with Crippen molar-refractivity contribution in [3.63, 3.8) is 0 Å². The number of nitrogens with zero attached hydrogens (tertiary/aromatic N) is 2. The SMILES string of the molecule is CCn1cncc1/C=C/C(=O)C(=O)O. The highest BCUT2D eigenvalue weighted by atomic mass is 16.4. The number of aliphatic carboxylic acids is 1. The minimum Gasteiger partial charge on any atom is -0.475 e. The van der Waals surface area contributed by atoms with Crippen LogP contribution in [0.4, 0.5) is 0 Å². The first-order chi connectivity index (χ1) is 6.65. The Morgan fingerprint density at radius 2 is 2.36 bits per heavy atom. The highest BCUT2D eigenvalue weighted by molar-refractivity contribution is 6.38. The summed E-state index contributed by atoms with van der Waals surface area (Å²) in [4.78, 5) is 24.8. The van der Waals surface area contributed by atoms with E-state index in [0.29, 0.717) is 5.69 Å². The molecule has 0 radical (unpaired) electrons. The van der Waals surface area contributed by atoms with Gasteiger partial charge >= 0.3 is 5.97 Å². The molecule has 0 unspecified atom stereocenters. The van der Waals surface area contributed by atoms with Crippen LogP contribution in [0.15, 0.2) is 18.6 Å². The predicted octanol–water partition coefficient (Wildman–Crippen LogP) is 0.570. The highest BCUT2D eigenvalue weighted by Gasteiger charge is 2.06. The molecule has 0 bridgehead atoms. The van der Waals surface area contributed by atoms with E-state index >= 15 is 0 Å². The Balaban J connectivity index is 2.78. The van der Waals surface area contributed by atoms with E-state index < -0.39 is 11.8 Å². The van der Waals surface area contributed by atoms with E-state index in [1.54, 1.807) is 17.1 Å². The largest absolute Gasteiger partial charge is 0.475 e. The molecule has 0 saturated heterocycles. The van der Waals surface area contributed by atoms with Gasteiger partial charge in [-0.25, -0.2) is 9.78 Å². The van der Waals surface area contributed by atoms with Crippen molar-refractivity contribution in [2.45, 2.75) is 13.5 Å². The van der Waals surface area contributed by atoms with Crippen molar-refractivity contribution in [3.8, 4) is 0 Å². The summed E-state index contributed by atoms with van der Waals surface area (Å²) in [7, 11) is 0. The fourth-order valence-electron chi connectivity index (χ4n) is 0.966. The van der Waals surface area contributed by atoms with E-state index in [1.807, 2.05) is 6.92 Å². The van der Waals surface area contributed by atoms with Gasteiger partial charge in [0.15, 0.2) is 0 Å². The lowest BCUT2D eigenvalue weighted by Crippen LogP contribution is -2.08. The molecule has 5 heteroatoms. The van der Waals surface area contributed by atoms with E-state index in [-0.39, 0.29) is 0 Å². The van der Waals surface area contributed by atoms with Gasteiger partial charge in [0.2, 0.25) is 0 Å². The first-order valence-electron chi connectivity index (χ1n) is 4.10. The van der Waals surface area contributed by atoms with Crippen LogP contribution in [0.2, 0.25) is 0 Å². The molecular formula is C9H10N2O3. The van der Waals surface area contributed by atoms with E-state index in [2.05, 4.69) is 4.98 Å². The number of carbonyl (C=O) groups excluding carboxylic acids is 1. The summed E-state index contributed by atoms with van der Waals surface area (Å²) in [6.07, 6.45) is 5.64. The fourth-order valence-corrected chi connectivity index (χ4v) is 0.966. The second-order valence-electron chi connectivity index (χ2n) is 2.61. The Hall–Kier alpha value is -1.91. The number of hydrogen-bond donors (Lipinski definition) is 1. The number of imidazole rings is 1. The number of hydrogen-bond acceptors (Lipinski definition) is 3. The number of aryl methyl sites for hydroxylation is 1. The van der Waals surface area contributed by atoms with Crippen LogP contribution in [0.3, 0.4) is 0 Å². The summed E-state index contributed by atoms with van der Waals surface area (Å²) < 4.78 is 1.80. The van der Waals surface area contributed by atoms with Crippen LogP contribution in [0.25, 0.3) is 6.08 Å². The summed E-state index contributed by atoms with van der Waals surface area (Å²) in [5.74, 6) is -2.39. The van der Waals surface area contributed by atoms with Crippen molar-refractivity contribution in [2.75, 3.05) is 0 Å². The third-order valence-corrected chi connectivity index (χ3v) is 1.70. The van der Waals surface area contributed by atoms with Gasteiger partial charge in [-0.15, -0.1) is 0 Å². The second kappa shape index (κ2) is 4.36. The summed E-state index contributed by atoms with van der Waals surface area (Å²) in [6.45, 7) is 2.65. The van der Waals surface area contributed by atoms with Crippen LogP contribution in [-0.4, -0.2) is 26.4 Å². The monoisotopic (exact) mass is 194 g/mol. The fraction of sp³-hybridized carbons (Fsp3) is 0.222. The first kappa shape index (κ1) is 10.2. The number of rotatable bonds is 4. The van der Waals surface area contributed by atoms with Crippen molar-refractivity contribution in [1.82, 2.24) is 9.55 Å². The molecular weight excluding hydrogens is 184 g/mol. The molecule has 0 aromatic carbocycles. The Bertz CT molecular complexity index is 379. The maximum atomic E-state index is 10.7. The lowest BCUT2D eigenvalue weighted by Gasteiger charge is -1.97. The Morgan fingerprint density at radius 3 is 2.93 bits per heavy atom. The quantitative estimate of drug-likeness (QED) is 0.561. The molecule has 0 atom stereocenters. The van der Waals surface area contributed by atoms with Gasteiger partial charge in [0.1, 0.15) is 0 Å². The summed E-state index contributed by atoms with van der Waals surface area (Å²) >= 11 is 0. The van der Waals surface area contributed by atoms with Crippen LogP contribution in [0.1, 0.15) is 12.6 Å². The summed E-state index contributed by atoms with van der Waals surface area (Å²) in [5.41, 5.74) is 0.710. The molecule has 1 aromatic heterocycles. The normalized spacial score (nSPS) is 10.6. The van der Waals surface area contributed by atoms with Gasteiger partial charge in [-0.1, -0.05) is 0 Å². The molecule has 0 saturated carbocycles. The van der Waals surface area contributed by atoms with Gasteiger partial charge < -0.3 is 9.67 Å². The molecule has 1 heterocycles. The summed E-state index contributed by atoms with van der Waals surface area (Å²) in [5, 5.41) is 8.31. The molecule has 1 aromatic rings. The van der Waals surface area contributed by atoms with Crippen molar-refractivity contribution < 1.29 is 14.7 Å².